The fraction of sp³-hybridized carbons (Fsp3) is 0.0714. The molecule has 4 nitrogen and oxygen atoms in total. The zero-order chi connectivity index (χ0) is 14.6. The van der Waals surface area contributed by atoms with Gasteiger partial charge in [0.1, 0.15) is 0 Å². The van der Waals surface area contributed by atoms with E-state index in [9.17, 15) is 8.42 Å². The molecule has 0 bridgehead atoms. The van der Waals surface area contributed by atoms with Crippen molar-refractivity contribution < 1.29 is 8.42 Å². The molecule has 2 rings (SSSR count). The number of nitrogens with one attached hydrogen (secondary N) is 1. The average Bonchev–Trinajstić information content (AvgIpc) is 2.46. The predicted octanol–water partition coefficient (Wildman–Crippen LogP) is 2.87. The monoisotopic (exact) mass is 308 g/mol. The third-order valence-corrected chi connectivity index (χ3v) is 4.13. The van der Waals surface area contributed by atoms with E-state index in [1.165, 1.54) is 12.1 Å². The van der Waals surface area contributed by atoms with Crippen molar-refractivity contribution >= 4 is 26.8 Å². The normalized spacial score (nSPS) is 12.2. The van der Waals surface area contributed by atoms with Crippen molar-refractivity contribution in [1.82, 2.24) is 4.83 Å². The van der Waals surface area contributed by atoms with E-state index in [4.69, 9.17) is 11.6 Å². The van der Waals surface area contributed by atoms with Gasteiger partial charge in [0.25, 0.3) is 10.0 Å². The van der Waals surface area contributed by atoms with Gasteiger partial charge in [0.15, 0.2) is 5.17 Å². The number of nitrogens with zero attached hydrogens (tertiary/aromatic N) is 1. The maximum atomic E-state index is 11.9. The van der Waals surface area contributed by atoms with Gasteiger partial charge in [0.05, 0.1) is 4.90 Å². The van der Waals surface area contributed by atoms with Crippen molar-refractivity contribution in [2.24, 2.45) is 5.10 Å². The number of aryl methyl sites for hydroxylation is 1. The van der Waals surface area contributed by atoms with Gasteiger partial charge in [-0.1, -0.05) is 59.6 Å². The highest BCUT2D eigenvalue weighted by Crippen LogP contribution is 2.10. The zero-order valence-electron chi connectivity index (χ0n) is 10.7. The van der Waals surface area contributed by atoms with E-state index in [2.05, 4.69) is 9.93 Å². The van der Waals surface area contributed by atoms with Crippen LogP contribution in [0.2, 0.25) is 0 Å². The second kappa shape index (κ2) is 6.07. The molecule has 2 aromatic carbocycles. The van der Waals surface area contributed by atoms with Gasteiger partial charge < -0.3 is 0 Å². The number of sulfonamides is 1. The molecule has 0 atom stereocenters. The summed E-state index contributed by atoms with van der Waals surface area (Å²) in [5.74, 6) is 0. The van der Waals surface area contributed by atoms with Crippen LogP contribution in [-0.4, -0.2) is 13.6 Å². The fourth-order valence-corrected chi connectivity index (χ4v) is 2.56. The van der Waals surface area contributed by atoms with Crippen LogP contribution in [0.5, 0.6) is 0 Å². The Morgan fingerprint density at radius 1 is 1.05 bits per heavy atom. The van der Waals surface area contributed by atoms with E-state index in [0.29, 0.717) is 5.56 Å². The summed E-state index contributed by atoms with van der Waals surface area (Å²) in [5, 5.41) is 3.80. The molecule has 0 aliphatic carbocycles. The number of hydrogen-bond donors (Lipinski definition) is 1. The van der Waals surface area contributed by atoms with Gasteiger partial charge in [0.2, 0.25) is 0 Å². The second-order valence-corrected chi connectivity index (χ2v) is 6.20. The van der Waals surface area contributed by atoms with Crippen LogP contribution in [0.4, 0.5) is 0 Å². The van der Waals surface area contributed by atoms with Gasteiger partial charge in [-0.2, -0.15) is 18.4 Å². The van der Waals surface area contributed by atoms with Gasteiger partial charge >= 0.3 is 0 Å². The van der Waals surface area contributed by atoms with Crippen molar-refractivity contribution in [2.75, 3.05) is 0 Å². The topological polar surface area (TPSA) is 58.5 Å². The molecular weight excluding hydrogens is 296 g/mol. The minimum Gasteiger partial charge on any atom is -0.200 e. The highest BCUT2D eigenvalue weighted by atomic mass is 35.5. The van der Waals surface area contributed by atoms with Crippen molar-refractivity contribution in [3.63, 3.8) is 0 Å². The number of hydrogen-bond acceptors (Lipinski definition) is 3. The van der Waals surface area contributed by atoms with Crippen molar-refractivity contribution in [1.29, 1.82) is 0 Å². The van der Waals surface area contributed by atoms with Gasteiger partial charge in [-0.15, -0.1) is 0 Å². The molecule has 0 fully saturated rings. The molecule has 0 amide bonds. The molecule has 0 radical (unpaired) electrons. The molecule has 0 spiro atoms. The lowest BCUT2D eigenvalue weighted by Gasteiger charge is -2.04. The summed E-state index contributed by atoms with van der Waals surface area (Å²) < 4.78 is 23.9. The third kappa shape index (κ3) is 3.59. The Bertz CT molecular complexity index is 711. The van der Waals surface area contributed by atoms with E-state index in [-0.39, 0.29) is 10.1 Å². The largest absolute Gasteiger partial charge is 0.276 e. The summed E-state index contributed by atoms with van der Waals surface area (Å²) in [6.07, 6.45) is 0. The Labute approximate surface area is 123 Å². The Morgan fingerprint density at radius 3 is 2.25 bits per heavy atom. The Balaban J connectivity index is 2.18. The lowest BCUT2D eigenvalue weighted by Crippen LogP contribution is -2.19. The first-order valence-electron chi connectivity index (χ1n) is 5.86. The molecular formula is C14H13ClN2O2S. The van der Waals surface area contributed by atoms with Crippen LogP contribution in [-0.2, 0) is 10.0 Å². The standard InChI is InChI=1S/C14H13ClN2O2S/c1-11-7-9-12(10-8-11)14(15)16-17-20(18,19)13-5-3-2-4-6-13/h2-10,17H,1H3/b16-14-. The summed E-state index contributed by atoms with van der Waals surface area (Å²) in [5.41, 5.74) is 1.73. The number of halogens is 1. The highest BCUT2D eigenvalue weighted by molar-refractivity contribution is 7.89. The first-order chi connectivity index (χ1) is 9.49. The number of hydrazone groups is 1. The van der Waals surface area contributed by atoms with Gasteiger partial charge in [-0.25, -0.2) is 0 Å². The van der Waals surface area contributed by atoms with E-state index in [1.807, 2.05) is 19.1 Å². The summed E-state index contributed by atoms with van der Waals surface area (Å²) in [7, 11) is -3.69. The summed E-state index contributed by atoms with van der Waals surface area (Å²) >= 11 is 5.98. The maximum absolute atomic E-state index is 11.9. The smallest absolute Gasteiger partial charge is 0.200 e. The first-order valence-corrected chi connectivity index (χ1v) is 7.72. The summed E-state index contributed by atoms with van der Waals surface area (Å²) in [4.78, 5) is 2.25. The summed E-state index contributed by atoms with van der Waals surface area (Å²) in [6, 6.07) is 15.3. The van der Waals surface area contributed by atoms with E-state index in [0.717, 1.165) is 5.56 Å². The number of rotatable bonds is 4. The van der Waals surface area contributed by atoms with Gasteiger partial charge in [-0.05, 0) is 19.1 Å². The van der Waals surface area contributed by atoms with E-state index >= 15 is 0 Å². The van der Waals surface area contributed by atoms with Crippen LogP contribution in [0.3, 0.4) is 0 Å². The SMILES string of the molecule is Cc1ccc(/C(Cl)=N/NS(=O)(=O)c2ccccc2)cc1. The highest BCUT2D eigenvalue weighted by Gasteiger charge is 2.12. The van der Waals surface area contributed by atoms with Crippen molar-refractivity contribution in [3.05, 3.63) is 65.7 Å². The van der Waals surface area contributed by atoms with Gasteiger partial charge in [-0.3, -0.25) is 0 Å². The van der Waals surface area contributed by atoms with Crippen LogP contribution in [0.1, 0.15) is 11.1 Å². The quantitative estimate of drug-likeness (QED) is 0.697. The van der Waals surface area contributed by atoms with Crippen LogP contribution in [0.15, 0.2) is 64.6 Å². The van der Waals surface area contributed by atoms with Crippen LogP contribution >= 0.6 is 11.6 Å². The molecule has 0 unspecified atom stereocenters. The molecule has 104 valence electrons. The van der Waals surface area contributed by atoms with Gasteiger partial charge in [0, 0.05) is 5.56 Å². The molecule has 0 saturated carbocycles. The molecule has 0 heterocycles. The zero-order valence-corrected chi connectivity index (χ0v) is 12.3. The lowest BCUT2D eigenvalue weighted by atomic mass is 10.2. The lowest BCUT2D eigenvalue weighted by molar-refractivity contribution is 0.584. The van der Waals surface area contributed by atoms with E-state index in [1.54, 1.807) is 30.3 Å². The molecule has 0 aromatic heterocycles. The van der Waals surface area contributed by atoms with Crippen molar-refractivity contribution in [3.8, 4) is 0 Å². The molecule has 6 heteroatoms. The molecule has 0 saturated heterocycles. The Morgan fingerprint density at radius 2 is 1.65 bits per heavy atom. The molecule has 0 aliphatic rings. The van der Waals surface area contributed by atoms with Crippen LogP contribution in [0, 0.1) is 6.92 Å². The van der Waals surface area contributed by atoms with Crippen LogP contribution < -0.4 is 4.83 Å². The van der Waals surface area contributed by atoms with Crippen molar-refractivity contribution in [2.45, 2.75) is 11.8 Å². The predicted molar refractivity (Wildman–Crippen MR) is 80.3 cm³/mol. The Hall–Kier alpha value is -1.85. The Kier molecular flexibility index (Phi) is 4.42. The van der Waals surface area contributed by atoms with E-state index < -0.39 is 10.0 Å². The molecule has 1 N–H and O–H groups in total. The minimum atomic E-state index is -3.69. The average molecular weight is 309 g/mol. The minimum absolute atomic E-state index is 0.0875. The third-order valence-electron chi connectivity index (χ3n) is 2.61. The second-order valence-electron chi connectivity index (χ2n) is 4.18. The molecule has 2 aromatic rings. The molecule has 0 aliphatic heterocycles. The first kappa shape index (κ1) is 14.6. The number of benzene rings is 2. The molecule has 20 heavy (non-hydrogen) atoms. The maximum Gasteiger partial charge on any atom is 0.276 e. The summed E-state index contributed by atoms with van der Waals surface area (Å²) in [6.45, 7) is 1.95. The fourth-order valence-electron chi connectivity index (χ4n) is 1.51. The van der Waals surface area contributed by atoms with Crippen LogP contribution in [0.25, 0.3) is 0 Å².